The van der Waals surface area contributed by atoms with Gasteiger partial charge in [0.15, 0.2) is 0 Å². The minimum Gasteiger partial charge on any atom is -0.493 e. The van der Waals surface area contributed by atoms with Crippen molar-refractivity contribution in [2.45, 2.75) is 51.0 Å². The highest BCUT2D eigenvalue weighted by molar-refractivity contribution is 5.24. The Hall–Kier alpha value is -1.36. The molecular weight excluding hydrogens is 218 g/mol. The van der Waals surface area contributed by atoms with Crippen LogP contribution in [0, 0.1) is 0 Å². The molecule has 4 N–H and O–H groups in total. The fraction of sp³-hybridized carbons (Fsp3) is 0.667. The van der Waals surface area contributed by atoms with Crippen molar-refractivity contribution in [1.82, 2.24) is 9.97 Å². The second kappa shape index (κ2) is 4.49. The first kappa shape index (κ1) is 12.1. The normalized spacial score (nSPS) is 18.5. The molecule has 0 bridgehead atoms. The third-order valence-corrected chi connectivity index (χ3v) is 3.46. The molecule has 5 nitrogen and oxygen atoms in total. The Labute approximate surface area is 100 Å². The SMILES string of the molecule is CCCc1c(O)nc(C2(N)CCCC2)[nH]c1=O. The number of nitrogens with zero attached hydrogens (tertiary/aromatic N) is 1. The number of aromatic amines is 1. The van der Waals surface area contributed by atoms with Gasteiger partial charge in [0.25, 0.3) is 5.56 Å². The van der Waals surface area contributed by atoms with Crippen molar-refractivity contribution >= 4 is 0 Å². The first-order valence-electron chi connectivity index (χ1n) is 6.18. The van der Waals surface area contributed by atoms with Gasteiger partial charge < -0.3 is 15.8 Å². The van der Waals surface area contributed by atoms with Crippen LogP contribution in [0.15, 0.2) is 4.79 Å². The van der Waals surface area contributed by atoms with Crippen LogP contribution in [0.4, 0.5) is 0 Å². The summed E-state index contributed by atoms with van der Waals surface area (Å²) in [5.41, 5.74) is 5.73. The Morgan fingerprint density at radius 2 is 2.12 bits per heavy atom. The van der Waals surface area contributed by atoms with Crippen LogP contribution in [-0.4, -0.2) is 15.1 Å². The van der Waals surface area contributed by atoms with Crippen molar-refractivity contribution in [2.24, 2.45) is 5.73 Å². The molecule has 0 spiro atoms. The van der Waals surface area contributed by atoms with E-state index in [-0.39, 0.29) is 11.4 Å². The number of hydrogen-bond donors (Lipinski definition) is 3. The maximum atomic E-state index is 11.8. The maximum absolute atomic E-state index is 11.8. The monoisotopic (exact) mass is 237 g/mol. The lowest BCUT2D eigenvalue weighted by molar-refractivity contribution is 0.396. The molecule has 94 valence electrons. The lowest BCUT2D eigenvalue weighted by atomic mass is 9.98. The Morgan fingerprint density at radius 1 is 1.47 bits per heavy atom. The summed E-state index contributed by atoms with van der Waals surface area (Å²) >= 11 is 0. The van der Waals surface area contributed by atoms with Crippen LogP contribution < -0.4 is 11.3 Å². The number of H-pyrrole nitrogens is 1. The van der Waals surface area contributed by atoms with E-state index in [0.717, 1.165) is 32.1 Å². The third-order valence-electron chi connectivity index (χ3n) is 3.46. The molecule has 2 rings (SSSR count). The number of hydrogen-bond acceptors (Lipinski definition) is 4. The average molecular weight is 237 g/mol. The predicted octanol–water partition coefficient (Wildman–Crippen LogP) is 1.16. The molecule has 0 aromatic carbocycles. The van der Waals surface area contributed by atoms with Gasteiger partial charge >= 0.3 is 0 Å². The highest BCUT2D eigenvalue weighted by atomic mass is 16.3. The second-order valence-electron chi connectivity index (χ2n) is 4.83. The molecule has 1 fully saturated rings. The summed E-state index contributed by atoms with van der Waals surface area (Å²) in [5, 5.41) is 9.79. The summed E-state index contributed by atoms with van der Waals surface area (Å²) in [5.74, 6) is 0.264. The minimum absolute atomic E-state index is 0.165. The van der Waals surface area contributed by atoms with Gasteiger partial charge in [0.2, 0.25) is 5.88 Å². The molecule has 0 atom stereocenters. The standard InChI is InChI=1S/C12H19N3O2/c1-2-5-8-9(16)14-11(15-10(8)17)12(13)6-3-4-7-12/h2-7,13H2,1H3,(H2,14,15,16,17). The smallest absolute Gasteiger partial charge is 0.257 e. The van der Waals surface area contributed by atoms with Crippen LogP contribution in [0.2, 0.25) is 0 Å². The molecular formula is C12H19N3O2. The summed E-state index contributed by atoms with van der Waals surface area (Å²) in [6, 6.07) is 0. The summed E-state index contributed by atoms with van der Waals surface area (Å²) in [7, 11) is 0. The Morgan fingerprint density at radius 3 is 2.65 bits per heavy atom. The molecule has 0 unspecified atom stereocenters. The van der Waals surface area contributed by atoms with Gasteiger partial charge in [-0.05, 0) is 19.3 Å². The number of aromatic nitrogens is 2. The zero-order chi connectivity index (χ0) is 12.5. The molecule has 1 aliphatic rings. The molecule has 1 aromatic heterocycles. The van der Waals surface area contributed by atoms with E-state index < -0.39 is 5.54 Å². The molecule has 1 heterocycles. The fourth-order valence-electron chi connectivity index (χ4n) is 2.44. The predicted molar refractivity (Wildman–Crippen MR) is 64.9 cm³/mol. The molecule has 0 amide bonds. The summed E-state index contributed by atoms with van der Waals surface area (Å²) in [6.07, 6.45) is 5.03. The van der Waals surface area contributed by atoms with Gasteiger partial charge in [0.05, 0.1) is 11.1 Å². The summed E-state index contributed by atoms with van der Waals surface area (Å²) in [6.45, 7) is 1.95. The van der Waals surface area contributed by atoms with Crippen molar-refractivity contribution in [3.8, 4) is 5.88 Å². The van der Waals surface area contributed by atoms with Crippen LogP contribution in [0.3, 0.4) is 0 Å². The van der Waals surface area contributed by atoms with E-state index >= 15 is 0 Å². The minimum atomic E-state index is -0.568. The largest absolute Gasteiger partial charge is 0.493 e. The molecule has 0 radical (unpaired) electrons. The van der Waals surface area contributed by atoms with Crippen molar-refractivity contribution in [3.63, 3.8) is 0 Å². The number of aromatic hydroxyl groups is 1. The fourth-order valence-corrected chi connectivity index (χ4v) is 2.44. The zero-order valence-electron chi connectivity index (χ0n) is 10.1. The number of nitrogens with one attached hydrogen (secondary N) is 1. The quantitative estimate of drug-likeness (QED) is 0.735. The second-order valence-corrected chi connectivity index (χ2v) is 4.83. The van der Waals surface area contributed by atoms with E-state index in [1.165, 1.54) is 0 Å². The topological polar surface area (TPSA) is 92.0 Å². The van der Waals surface area contributed by atoms with Crippen LogP contribution >= 0.6 is 0 Å². The van der Waals surface area contributed by atoms with Gasteiger partial charge in [-0.15, -0.1) is 0 Å². The van der Waals surface area contributed by atoms with Crippen LogP contribution in [0.1, 0.15) is 50.4 Å². The van der Waals surface area contributed by atoms with Crippen molar-refractivity contribution < 1.29 is 5.11 Å². The van der Waals surface area contributed by atoms with E-state index in [4.69, 9.17) is 5.73 Å². The van der Waals surface area contributed by atoms with Crippen molar-refractivity contribution in [2.75, 3.05) is 0 Å². The average Bonchev–Trinajstić information content (AvgIpc) is 2.72. The molecule has 17 heavy (non-hydrogen) atoms. The van der Waals surface area contributed by atoms with Gasteiger partial charge in [-0.2, -0.15) is 4.98 Å². The van der Waals surface area contributed by atoms with Gasteiger partial charge in [0, 0.05) is 0 Å². The first-order valence-corrected chi connectivity index (χ1v) is 6.18. The van der Waals surface area contributed by atoms with Gasteiger partial charge in [-0.25, -0.2) is 0 Å². The zero-order valence-corrected chi connectivity index (χ0v) is 10.1. The molecule has 0 aliphatic heterocycles. The maximum Gasteiger partial charge on any atom is 0.257 e. The number of nitrogens with two attached hydrogens (primary N) is 1. The Balaban J connectivity index is 2.41. The molecule has 0 saturated heterocycles. The van der Waals surface area contributed by atoms with Crippen LogP contribution in [0.5, 0.6) is 5.88 Å². The Kier molecular flexibility index (Phi) is 3.19. The van der Waals surface area contributed by atoms with E-state index in [9.17, 15) is 9.90 Å². The molecule has 1 saturated carbocycles. The molecule has 1 aliphatic carbocycles. The van der Waals surface area contributed by atoms with E-state index in [1.807, 2.05) is 6.92 Å². The van der Waals surface area contributed by atoms with E-state index in [0.29, 0.717) is 17.8 Å². The highest BCUT2D eigenvalue weighted by Crippen LogP contribution is 2.34. The van der Waals surface area contributed by atoms with Crippen molar-refractivity contribution in [3.05, 3.63) is 21.7 Å². The van der Waals surface area contributed by atoms with Crippen LogP contribution in [0.25, 0.3) is 0 Å². The number of rotatable bonds is 3. The van der Waals surface area contributed by atoms with Crippen LogP contribution in [-0.2, 0) is 12.0 Å². The van der Waals surface area contributed by atoms with Crippen molar-refractivity contribution in [1.29, 1.82) is 0 Å². The first-order chi connectivity index (χ1) is 8.07. The van der Waals surface area contributed by atoms with Gasteiger partial charge in [-0.1, -0.05) is 26.2 Å². The third kappa shape index (κ3) is 2.20. The highest BCUT2D eigenvalue weighted by Gasteiger charge is 2.34. The van der Waals surface area contributed by atoms with E-state index in [2.05, 4.69) is 9.97 Å². The summed E-state index contributed by atoms with van der Waals surface area (Å²) in [4.78, 5) is 18.7. The Bertz CT molecular complexity index is 461. The van der Waals surface area contributed by atoms with Gasteiger partial charge in [-0.3, -0.25) is 4.79 Å². The lowest BCUT2D eigenvalue weighted by Gasteiger charge is -2.22. The van der Waals surface area contributed by atoms with Gasteiger partial charge in [0.1, 0.15) is 5.82 Å². The molecule has 1 aromatic rings. The lowest BCUT2D eigenvalue weighted by Crippen LogP contribution is -2.37. The molecule has 5 heteroatoms. The van der Waals surface area contributed by atoms with E-state index in [1.54, 1.807) is 0 Å². The summed E-state index contributed by atoms with van der Waals surface area (Å²) < 4.78 is 0.